The molecule has 0 aromatic rings. The summed E-state index contributed by atoms with van der Waals surface area (Å²) in [7, 11) is 0. The molecule has 1 spiro atoms. The molecule has 2 aliphatic rings. The molecule has 1 heteroatoms. The molecule has 11 heavy (non-hydrogen) atoms. The van der Waals surface area contributed by atoms with Crippen molar-refractivity contribution in [1.29, 1.82) is 0 Å². The van der Waals surface area contributed by atoms with Gasteiger partial charge in [0, 0.05) is 0 Å². The second kappa shape index (κ2) is 2.48. The summed E-state index contributed by atoms with van der Waals surface area (Å²) in [6.07, 6.45) is 5.40. The highest BCUT2D eigenvalue weighted by molar-refractivity contribution is 4.96. The summed E-state index contributed by atoms with van der Waals surface area (Å²) in [4.78, 5) is 0. The molecule has 0 bridgehead atoms. The Bertz CT molecular complexity index is 147. The summed E-state index contributed by atoms with van der Waals surface area (Å²) in [5.74, 6) is 1.80. The molecule has 1 saturated heterocycles. The largest absolute Gasteiger partial charge is 0.375 e. The normalized spacial score (nSPS) is 43.4. The van der Waals surface area contributed by atoms with E-state index in [0.717, 1.165) is 18.4 Å². The van der Waals surface area contributed by atoms with Crippen LogP contribution in [0.5, 0.6) is 0 Å². The summed E-state index contributed by atoms with van der Waals surface area (Å²) in [6, 6.07) is 0. The van der Waals surface area contributed by atoms with Crippen molar-refractivity contribution in [3.05, 3.63) is 0 Å². The van der Waals surface area contributed by atoms with Gasteiger partial charge in [-0.2, -0.15) is 0 Å². The lowest BCUT2D eigenvalue weighted by molar-refractivity contribution is -0.144. The highest BCUT2D eigenvalue weighted by Crippen LogP contribution is 2.47. The first kappa shape index (κ1) is 7.60. The average molecular weight is 154 g/mol. The Balaban J connectivity index is 1.93. The van der Waals surface area contributed by atoms with E-state index in [9.17, 15) is 0 Å². The quantitative estimate of drug-likeness (QED) is 0.564. The van der Waals surface area contributed by atoms with E-state index in [1.165, 1.54) is 25.7 Å². The maximum Gasteiger partial charge on any atom is 0.0707 e. The molecule has 1 saturated carbocycles. The Morgan fingerprint density at radius 1 is 1.36 bits per heavy atom. The van der Waals surface area contributed by atoms with Crippen molar-refractivity contribution in [2.45, 2.75) is 45.1 Å². The van der Waals surface area contributed by atoms with E-state index in [-0.39, 0.29) is 0 Å². The lowest BCUT2D eigenvalue weighted by Crippen LogP contribution is -2.41. The van der Waals surface area contributed by atoms with Crippen molar-refractivity contribution in [1.82, 2.24) is 0 Å². The van der Waals surface area contributed by atoms with Crippen LogP contribution in [0.15, 0.2) is 0 Å². The molecule has 2 rings (SSSR count). The minimum atomic E-state index is 0.370. The molecule has 1 heterocycles. The van der Waals surface area contributed by atoms with Crippen LogP contribution in [0.2, 0.25) is 0 Å². The van der Waals surface area contributed by atoms with Crippen LogP contribution in [0.3, 0.4) is 0 Å². The minimum absolute atomic E-state index is 0.370. The van der Waals surface area contributed by atoms with Crippen molar-refractivity contribution in [2.75, 3.05) is 6.61 Å². The molecule has 0 N–H and O–H groups in total. The van der Waals surface area contributed by atoms with Gasteiger partial charge in [0.15, 0.2) is 0 Å². The highest BCUT2D eigenvalue weighted by atomic mass is 16.5. The third kappa shape index (κ3) is 1.20. The Kier molecular flexibility index (Phi) is 1.71. The fraction of sp³-hybridized carbons (Fsp3) is 1.00. The van der Waals surface area contributed by atoms with E-state index in [1.54, 1.807) is 0 Å². The molecule has 2 unspecified atom stereocenters. The summed E-state index contributed by atoms with van der Waals surface area (Å²) in [6.45, 7) is 5.69. The monoisotopic (exact) mass is 154 g/mol. The maximum atomic E-state index is 5.66. The molecule has 1 aliphatic carbocycles. The molecule has 0 radical (unpaired) electrons. The molecule has 0 amide bonds. The first-order valence-electron chi connectivity index (χ1n) is 4.86. The first-order valence-corrected chi connectivity index (χ1v) is 4.86. The van der Waals surface area contributed by atoms with Crippen LogP contribution in [0.25, 0.3) is 0 Å². The van der Waals surface area contributed by atoms with Crippen LogP contribution < -0.4 is 0 Å². The first-order chi connectivity index (χ1) is 5.22. The predicted molar refractivity (Wildman–Crippen MR) is 45.5 cm³/mol. The van der Waals surface area contributed by atoms with Gasteiger partial charge in [-0.25, -0.2) is 0 Å². The van der Waals surface area contributed by atoms with Gasteiger partial charge < -0.3 is 4.74 Å². The zero-order chi connectivity index (χ0) is 7.90. The Labute approximate surface area is 69.1 Å². The topological polar surface area (TPSA) is 9.23 Å². The van der Waals surface area contributed by atoms with Gasteiger partial charge in [0.1, 0.15) is 0 Å². The second-order valence-electron chi connectivity index (χ2n) is 4.53. The van der Waals surface area contributed by atoms with Gasteiger partial charge in [0.2, 0.25) is 0 Å². The van der Waals surface area contributed by atoms with E-state index in [2.05, 4.69) is 13.8 Å². The predicted octanol–water partition coefficient (Wildman–Crippen LogP) is 2.60. The Morgan fingerprint density at radius 2 is 2.09 bits per heavy atom. The van der Waals surface area contributed by atoms with Gasteiger partial charge in [-0.05, 0) is 37.5 Å². The smallest absolute Gasteiger partial charge is 0.0707 e. The highest BCUT2D eigenvalue weighted by Gasteiger charge is 2.45. The van der Waals surface area contributed by atoms with E-state index in [1.807, 2.05) is 0 Å². The maximum absolute atomic E-state index is 5.66. The van der Waals surface area contributed by atoms with Crippen LogP contribution in [0, 0.1) is 11.8 Å². The number of hydrogen-bond donors (Lipinski definition) is 0. The molecule has 1 nitrogen and oxygen atoms in total. The fourth-order valence-electron chi connectivity index (χ4n) is 2.45. The molecule has 0 aromatic heterocycles. The molecule has 2 fully saturated rings. The van der Waals surface area contributed by atoms with Crippen LogP contribution in [0.1, 0.15) is 39.5 Å². The zero-order valence-corrected chi connectivity index (χ0v) is 7.60. The van der Waals surface area contributed by atoms with E-state index >= 15 is 0 Å². The summed E-state index contributed by atoms with van der Waals surface area (Å²) in [5, 5.41) is 0. The fourth-order valence-corrected chi connectivity index (χ4v) is 2.45. The number of rotatable bonds is 1. The average Bonchev–Trinajstić information content (AvgIpc) is 2.28. The van der Waals surface area contributed by atoms with Crippen LogP contribution in [-0.4, -0.2) is 12.2 Å². The zero-order valence-electron chi connectivity index (χ0n) is 7.60. The lowest BCUT2D eigenvalue weighted by Gasteiger charge is -2.39. The van der Waals surface area contributed by atoms with Gasteiger partial charge in [0.05, 0.1) is 12.2 Å². The van der Waals surface area contributed by atoms with E-state index < -0.39 is 0 Å². The van der Waals surface area contributed by atoms with Gasteiger partial charge >= 0.3 is 0 Å². The van der Waals surface area contributed by atoms with Crippen molar-refractivity contribution in [3.8, 4) is 0 Å². The van der Waals surface area contributed by atoms with Gasteiger partial charge in [0.25, 0.3) is 0 Å². The Morgan fingerprint density at radius 3 is 2.36 bits per heavy atom. The van der Waals surface area contributed by atoms with E-state index in [4.69, 9.17) is 4.74 Å². The standard InChI is InChI=1S/C10H18O/c1-8(2)9-3-4-10(7-9)5-6-11-10/h8-9H,3-7H2,1-2H3. The van der Waals surface area contributed by atoms with Crippen LogP contribution in [0.4, 0.5) is 0 Å². The van der Waals surface area contributed by atoms with Gasteiger partial charge in [-0.3, -0.25) is 0 Å². The second-order valence-corrected chi connectivity index (χ2v) is 4.53. The third-order valence-corrected chi connectivity index (χ3v) is 3.51. The molecule has 2 atom stereocenters. The number of hydrogen-bond acceptors (Lipinski definition) is 1. The molecular formula is C10H18O. The molecular weight excluding hydrogens is 136 g/mol. The van der Waals surface area contributed by atoms with Crippen LogP contribution >= 0.6 is 0 Å². The van der Waals surface area contributed by atoms with E-state index in [0.29, 0.717) is 5.60 Å². The molecule has 1 aliphatic heterocycles. The van der Waals surface area contributed by atoms with Crippen molar-refractivity contribution in [3.63, 3.8) is 0 Å². The number of ether oxygens (including phenoxy) is 1. The third-order valence-electron chi connectivity index (χ3n) is 3.51. The van der Waals surface area contributed by atoms with Gasteiger partial charge in [-0.15, -0.1) is 0 Å². The Hall–Kier alpha value is -0.0400. The van der Waals surface area contributed by atoms with Crippen molar-refractivity contribution < 1.29 is 4.74 Å². The summed E-state index contributed by atoms with van der Waals surface area (Å²) >= 11 is 0. The molecule has 0 aromatic carbocycles. The van der Waals surface area contributed by atoms with Crippen LogP contribution in [-0.2, 0) is 4.74 Å². The van der Waals surface area contributed by atoms with Crippen molar-refractivity contribution in [2.24, 2.45) is 11.8 Å². The summed E-state index contributed by atoms with van der Waals surface area (Å²) < 4.78 is 5.66. The lowest BCUT2D eigenvalue weighted by atomic mass is 9.88. The summed E-state index contributed by atoms with van der Waals surface area (Å²) in [5.41, 5.74) is 0.370. The SMILES string of the molecule is CC(C)C1CCC2(CCO2)C1. The molecule has 64 valence electrons. The van der Waals surface area contributed by atoms with Gasteiger partial charge in [-0.1, -0.05) is 13.8 Å². The van der Waals surface area contributed by atoms with Crippen molar-refractivity contribution >= 4 is 0 Å². The minimum Gasteiger partial charge on any atom is -0.375 e.